The van der Waals surface area contributed by atoms with E-state index < -0.39 is 5.97 Å². The number of methoxy groups -OCH3 is 1. The number of hydrogen-bond acceptors (Lipinski definition) is 3. The van der Waals surface area contributed by atoms with Crippen LogP contribution in [-0.2, 0) is 0 Å². The minimum absolute atomic E-state index is 0.271. The summed E-state index contributed by atoms with van der Waals surface area (Å²) in [6.45, 7) is 0. The van der Waals surface area contributed by atoms with Gasteiger partial charge in [0.25, 0.3) is 0 Å². The van der Waals surface area contributed by atoms with Crippen molar-refractivity contribution in [2.45, 2.75) is 0 Å². The van der Waals surface area contributed by atoms with Crippen molar-refractivity contribution in [3.63, 3.8) is 0 Å². The molecule has 2 aromatic carbocycles. The van der Waals surface area contributed by atoms with Gasteiger partial charge < -0.3 is 14.7 Å². The molecule has 2 aromatic rings. The maximum absolute atomic E-state index is 11.2. The van der Waals surface area contributed by atoms with Crippen LogP contribution in [0.5, 0.6) is 5.75 Å². The van der Waals surface area contributed by atoms with E-state index in [0.29, 0.717) is 5.69 Å². The Bertz CT molecular complexity index is 595. The number of nitrogens with zero attached hydrogens (tertiary/aromatic N) is 1. The van der Waals surface area contributed by atoms with Gasteiger partial charge in [0.05, 0.1) is 18.4 Å². The van der Waals surface area contributed by atoms with Crippen LogP contribution in [0.15, 0.2) is 48.5 Å². The van der Waals surface area contributed by atoms with Crippen LogP contribution in [0, 0.1) is 0 Å². The topological polar surface area (TPSA) is 49.8 Å². The first kappa shape index (κ1) is 13.0. The van der Waals surface area contributed by atoms with Crippen molar-refractivity contribution in [1.29, 1.82) is 0 Å². The summed E-state index contributed by atoms with van der Waals surface area (Å²) in [6.07, 6.45) is 0. The highest BCUT2D eigenvalue weighted by Crippen LogP contribution is 2.29. The first-order chi connectivity index (χ1) is 9.13. The van der Waals surface area contributed by atoms with Gasteiger partial charge >= 0.3 is 5.97 Å². The smallest absolute Gasteiger partial charge is 0.337 e. The van der Waals surface area contributed by atoms with Gasteiger partial charge in [-0.2, -0.15) is 0 Å². The lowest BCUT2D eigenvalue weighted by Gasteiger charge is -2.21. The fourth-order valence-electron chi connectivity index (χ4n) is 1.91. The normalized spacial score (nSPS) is 10.0. The lowest BCUT2D eigenvalue weighted by Crippen LogP contribution is -2.13. The zero-order valence-corrected chi connectivity index (χ0v) is 10.8. The van der Waals surface area contributed by atoms with Gasteiger partial charge in [0, 0.05) is 18.8 Å². The number of ether oxygens (including phenoxy) is 1. The molecule has 98 valence electrons. The number of hydrogen-bond donors (Lipinski definition) is 1. The first-order valence-electron chi connectivity index (χ1n) is 5.83. The van der Waals surface area contributed by atoms with E-state index in [1.165, 1.54) is 0 Å². The highest BCUT2D eigenvalue weighted by atomic mass is 16.5. The van der Waals surface area contributed by atoms with Crippen LogP contribution >= 0.6 is 0 Å². The summed E-state index contributed by atoms with van der Waals surface area (Å²) in [5.74, 6) is -0.206. The Morgan fingerprint density at radius 1 is 1.16 bits per heavy atom. The summed E-state index contributed by atoms with van der Waals surface area (Å²) in [7, 11) is 3.43. The standard InChI is InChI=1S/C15H15NO3/c1-16(11-6-5-7-12(10-11)19-2)14-9-4-3-8-13(14)15(17)18/h3-10H,1-2H3,(H,17,18). The van der Waals surface area contributed by atoms with Crippen LogP contribution < -0.4 is 9.64 Å². The third-order valence-corrected chi connectivity index (χ3v) is 2.94. The second kappa shape index (κ2) is 5.44. The first-order valence-corrected chi connectivity index (χ1v) is 5.83. The summed E-state index contributed by atoms with van der Waals surface area (Å²) in [4.78, 5) is 13.1. The monoisotopic (exact) mass is 257 g/mol. The van der Waals surface area contributed by atoms with Crippen molar-refractivity contribution in [2.75, 3.05) is 19.1 Å². The molecule has 0 fully saturated rings. The quantitative estimate of drug-likeness (QED) is 0.914. The summed E-state index contributed by atoms with van der Waals surface area (Å²) in [5, 5.41) is 9.21. The molecule has 0 saturated heterocycles. The molecule has 0 spiro atoms. The van der Waals surface area contributed by atoms with Crippen molar-refractivity contribution < 1.29 is 14.6 Å². The van der Waals surface area contributed by atoms with E-state index in [4.69, 9.17) is 4.74 Å². The average molecular weight is 257 g/mol. The summed E-state index contributed by atoms with van der Waals surface area (Å²) < 4.78 is 5.18. The number of aromatic carboxylic acids is 1. The maximum atomic E-state index is 11.2. The number of para-hydroxylation sites is 1. The summed E-state index contributed by atoms with van der Waals surface area (Å²) in [6, 6.07) is 14.4. The molecule has 4 heteroatoms. The number of carboxylic acid groups (broad SMARTS) is 1. The van der Waals surface area contributed by atoms with Gasteiger partial charge in [-0.25, -0.2) is 4.79 Å². The van der Waals surface area contributed by atoms with E-state index >= 15 is 0 Å². The van der Waals surface area contributed by atoms with Gasteiger partial charge in [0.1, 0.15) is 5.75 Å². The predicted molar refractivity (Wildman–Crippen MR) is 74.5 cm³/mol. The number of benzene rings is 2. The highest BCUT2D eigenvalue weighted by Gasteiger charge is 2.14. The molecule has 0 heterocycles. The fourth-order valence-corrected chi connectivity index (χ4v) is 1.91. The molecular formula is C15H15NO3. The second-order valence-electron chi connectivity index (χ2n) is 4.08. The Morgan fingerprint density at radius 2 is 1.89 bits per heavy atom. The molecule has 0 amide bonds. The van der Waals surface area contributed by atoms with Crippen LogP contribution in [0.3, 0.4) is 0 Å². The molecule has 19 heavy (non-hydrogen) atoms. The summed E-state index contributed by atoms with van der Waals surface area (Å²) in [5.41, 5.74) is 1.78. The predicted octanol–water partition coefficient (Wildman–Crippen LogP) is 3.16. The summed E-state index contributed by atoms with van der Waals surface area (Å²) >= 11 is 0. The molecule has 0 bridgehead atoms. The molecule has 1 N–H and O–H groups in total. The minimum Gasteiger partial charge on any atom is -0.497 e. The van der Waals surface area contributed by atoms with Crippen LogP contribution in [0.4, 0.5) is 11.4 Å². The minimum atomic E-state index is -0.939. The molecule has 0 radical (unpaired) electrons. The van der Waals surface area contributed by atoms with E-state index in [-0.39, 0.29) is 5.56 Å². The zero-order valence-electron chi connectivity index (χ0n) is 10.8. The third-order valence-electron chi connectivity index (χ3n) is 2.94. The van der Waals surface area contributed by atoms with Crippen molar-refractivity contribution >= 4 is 17.3 Å². The number of anilines is 2. The molecule has 0 aliphatic rings. The Hall–Kier alpha value is -2.49. The van der Waals surface area contributed by atoms with E-state index in [0.717, 1.165) is 11.4 Å². The van der Waals surface area contributed by atoms with Crippen molar-refractivity contribution in [3.8, 4) is 5.75 Å². The Kier molecular flexibility index (Phi) is 3.71. The molecule has 0 aliphatic carbocycles. The SMILES string of the molecule is COc1cccc(N(C)c2ccccc2C(=O)O)c1. The maximum Gasteiger partial charge on any atom is 0.337 e. The Morgan fingerprint density at radius 3 is 2.58 bits per heavy atom. The largest absolute Gasteiger partial charge is 0.497 e. The van der Waals surface area contributed by atoms with Gasteiger partial charge in [-0.1, -0.05) is 18.2 Å². The van der Waals surface area contributed by atoms with Gasteiger partial charge in [-0.15, -0.1) is 0 Å². The van der Waals surface area contributed by atoms with Crippen molar-refractivity contribution in [1.82, 2.24) is 0 Å². The van der Waals surface area contributed by atoms with Crippen LogP contribution in [0.1, 0.15) is 10.4 Å². The van der Waals surface area contributed by atoms with Gasteiger partial charge in [0.2, 0.25) is 0 Å². The number of carboxylic acids is 1. The molecule has 0 atom stereocenters. The highest BCUT2D eigenvalue weighted by molar-refractivity contribution is 5.95. The lowest BCUT2D eigenvalue weighted by atomic mass is 10.1. The van der Waals surface area contributed by atoms with Crippen LogP contribution in [0.25, 0.3) is 0 Å². The molecule has 4 nitrogen and oxygen atoms in total. The Labute approximate surface area is 111 Å². The van der Waals surface area contributed by atoms with Crippen molar-refractivity contribution in [3.05, 3.63) is 54.1 Å². The van der Waals surface area contributed by atoms with Gasteiger partial charge in [-0.05, 0) is 24.3 Å². The third kappa shape index (κ3) is 2.68. The molecule has 2 rings (SSSR count). The molecule has 0 aromatic heterocycles. The van der Waals surface area contributed by atoms with Gasteiger partial charge in [0.15, 0.2) is 0 Å². The van der Waals surface area contributed by atoms with Crippen LogP contribution in [-0.4, -0.2) is 25.2 Å². The fraction of sp³-hybridized carbons (Fsp3) is 0.133. The van der Waals surface area contributed by atoms with E-state index in [2.05, 4.69) is 0 Å². The van der Waals surface area contributed by atoms with E-state index in [1.807, 2.05) is 42.3 Å². The molecule has 0 unspecified atom stereocenters. The number of rotatable bonds is 4. The number of carbonyl (C=O) groups is 1. The van der Waals surface area contributed by atoms with Crippen molar-refractivity contribution in [2.24, 2.45) is 0 Å². The lowest BCUT2D eigenvalue weighted by molar-refractivity contribution is 0.0697. The molecule has 0 aliphatic heterocycles. The molecule has 0 saturated carbocycles. The van der Waals surface area contributed by atoms with Gasteiger partial charge in [-0.3, -0.25) is 0 Å². The molecular weight excluding hydrogens is 242 g/mol. The van der Waals surface area contributed by atoms with E-state index in [9.17, 15) is 9.90 Å². The van der Waals surface area contributed by atoms with Crippen LogP contribution in [0.2, 0.25) is 0 Å². The second-order valence-corrected chi connectivity index (χ2v) is 4.08. The van der Waals surface area contributed by atoms with E-state index in [1.54, 1.807) is 25.3 Å². The Balaban J connectivity index is 2.43. The zero-order chi connectivity index (χ0) is 13.8. The average Bonchev–Trinajstić information content (AvgIpc) is 2.46.